The SMILES string of the molecule is CC(C)CNc1ccc(C(=O)Nc2cccc3cccnc23)nc1. The van der Waals surface area contributed by atoms with E-state index in [2.05, 4.69) is 34.4 Å². The smallest absolute Gasteiger partial charge is 0.274 e. The molecule has 1 amide bonds. The van der Waals surface area contributed by atoms with Crippen molar-refractivity contribution < 1.29 is 4.79 Å². The van der Waals surface area contributed by atoms with Crippen molar-refractivity contribution in [3.63, 3.8) is 0 Å². The van der Waals surface area contributed by atoms with Gasteiger partial charge in [-0.25, -0.2) is 4.98 Å². The standard InChI is InChI=1S/C19H20N4O/c1-13(2)11-21-15-8-9-17(22-12-15)19(24)23-16-7-3-5-14-6-4-10-20-18(14)16/h3-10,12-13,21H,11H2,1-2H3,(H,23,24). The molecule has 0 unspecified atom stereocenters. The highest BCUT2D eigenvalue weighted by atomic mass is 16.1. The number of amides is 1. The number of para-hydroxylation sites is 1. The molecule has 3 aromatic rings. The van der Waals surface area contributed by atoms with E-state index in [1.54, 1.807) is 18.5 Å². The van der Waals surface area contributed by atoms with Crippen molar-refractivity contribution in [2.24, 2.45) is 5.92 Å². The van der Waals surface area contributed by atoms with Crippen LogP contribution in [0.25, 0.3) is 10.9 Å². The minimum Gasteiger partial charge on any atom is -0.384 e. The maximum absolute atomic E-state index is 12.4. The second-order valence-corrected chi connectivity index (χ2v) is 6.04. The Kier molecular flexibility index (Phi) is 4.70. The largest absolute Gasteiger partial charge is 0.384 e. The maximum atomic E-state index is 12.4. The summed E-state index contributed by atoms with van der Waals surface area (Å²) in [7, 11) is 0. The Morgan fingerprint density at radius 1 is 1.08 bits per heavy atom. The van der Waals surface area contributed by atoms with E-state index in [1.165, 1.54) is 0 Å². The van der Waals surface area contributed by atoms with Gasteiger partial charge in [0.05, 0.1) is 23.1 Å². The summed E-state index contributed by atoms with van der Waals surface area (Å²) in [6.07, 6.45) is 3.39. The number of pyridine rings is 2. The number of carbonyl (C=O) groups excluding carboxylic acids is 1. The van der Waals surface area contributed by atoms with Crippen LogP contribution >= 0.6 is 0 Å². The second kappa shape index (κ2) is 7.08. The Morgan fingerprint density at radius 3 is 2.67 bits per heavy atom. The van der Waals surface area contributed by atoms with E-state index in [1.807, 2.05) is 36.4 Å². The van der Waals surface area contributed by atoms with Crippen molar-refractivity contribution in [3.8, 4) is 0 Å². The van der Waals surface area contributed by atoms with Gasteiger partial charge in [-0.1, -0.05) is 32.0 Å². The van der Waals surface area contributed by atoms with E-state index in [0.717, 1.165) is 23.1 Å². The van der Waals surface area contributed by atoms with Crippen LogP contribution in [-0.4, -0.2) is 22.4 Å². The highest BCUT2D eigenvalue weighted by Crippen LogP contribution is 2.21. The molecule has 2 N–H and O–H groups in total. The molecule has 5 heteroatoms. The van der Waals surface area contributed by atoms with Crippen molar-refractivity contribution in [2.75, 3.05) is 17.2 Å². The number of hydrogen-bond acceptors (Lipinski definition) is 4. The lowest BCUT2D eigenvalue weighted by molar-refractivity contribution is 0.102. The van der Waals surface area contributed by atoms with Gasteiger partial charge in [0.15, 0.2) is 0 Å². The molecule has 0 radical (unpaired) electrons. The maximum Gasteiger partial charge on any atom is 0.274 e. The van der Waals surface area contributed by atoms with Gasteiger partial charge in [-0.05, 0) is 30.2 Å². The molecule has 122 valence electrons. The summed E-state index contributed by atoms with van der Waals surface area (Å²) >= 11 is 0. The third-order valence-corrected chi connectivity index (χ3v) is 3.59. The highest BCUT2D eigenvalue weighted by molar-refractivity contribution is 6.07. The fraction of sp³-hybridized carbons (Fsp3) is 0.211. The number of nitrogens with zero attached hydrogens (tertiary/aromatic N) is 2. The predicted molar refractivity (Wildman–Crippen MR) is 97.3 cm³/mol. The number of aromatic nitrogens is 2. The molecule has 24 heavy (non-hydrogen) atoms. The zero-order chi connectivity index (χ0) is 16.9. The van der Waals surface area contributed by atoms with Crippen LogP contribution in [-0.2, 0) is 0 Å². The van der Waals surface area contributed by atoms with Crippen LogP contribution in [0.15, 0.2) is 54.9 Å². The number of fused-ring (bicyclic) bond motifs is 1. The zero-order valence-corrected chi connectivity index (χ0v) is 13.8. The summed E-state index contributed by atoms with van der Waals surface area (Å²) < 4.78 is 0. The van der Waals surface area contributed by atoms with Gasteiger partial charge in [0.1, 0.15) is 5.69 Å². The lowest BCUT2D eigenvalue weighted by Crippen LogP contribution is -2.14. The Bertz CT molecular complexity index is 838. The molecule has 0 aliphatic rings. The number of anilines is 2. The number of benzene rings is 1. The third-order valence-electron chi connectivity index (χ3n) is 3.59. The van der Waals surface area contributed by atoms with E-state index in [9.17, 15) is 4.79 Å². The Morgan fingerprint density at radius 2 is 1.92 bits per heavy atom. The molecule has 0 bridgehead atoms. The molecule has 0 saturated carbocycles. The number of carbonyl (C=O) groups is 1. The first-order chi connectivity index (χ1) is 11.6. The van der Waals surface area contributed by atoms with Crippen molar-refractivity contribution >= 4 is 28.2 Å². The number of nitrogens with one attached hydrogen (secondary N) is 2. The molecule has 2 aromatic heterocycles. The lowest BCUT2D eigenvalue weighted by Gasteiger charge is -2.10. The molecule has 0 saturated heterocycles. The van der Waals surface area contributed by atoms with Gasteiger partial charge in [-0.2, -0.15) is 0 Å². The molecular formula is C19H20N4O. The van der Waals surface area contributed by atoms with Crippen molar-refractivity contribution in [3.05, 3.63) is 60.6 Å². The van der Waals surface area contributed by atoms with E-state index in [-0.39, 0.29) is 5.91 Å². The average Bonchev–Trinajstić information content (AvgIpc) is 2.60. The first-order valence-corrected chi connectivity index (χ1v) is 7.98. The van der Waals surface area contributed by atoms with E-state index in [0.29, 0.717) is 17.3 Å². The lowest BCUT2D eigenvalue weighted by atomic mass is 10.2. The fourth-order valence-electron chi connectivity index (χ4n) is 2.35. The van der Waals surface area contributed by atoms with E-state index >= 15 is 0 Å². The van der Waals surface area contributed by atoms with E-state index < -0.39 is 0 Å². The van der Waals surface area contributed by atoms with Crippen molar-refractivity contribution in [2.45, 2.75) is 13.8 Å². The summed E-state index contributed by atoms with van der Waals surface area (Å²) in [5.41, 5.74) is 2.73. The second-order valence-electron chi connectivity index (χ2n) is 6.04. The summed E-state index contributed by atoms with van der Waals surface area (Å²) in [5, 5.41) is 7.15. The van der Waals surface area contributed by atoms with Crippen LogP contribution in [0.5, 0.6) is 0 Å². The molecule has 5 nitrogen and oxygen atoms in total. The van der Waals surface area contributed by atoms with Gasteiger partial charge in [0.2, 0.25) is 0 Å². The summed E-state index contributed by atoms with van der Waals surface area (Å²) in [6.45, 7) is 5.15. The van der Waals surface area contributed by atoms with Gasteiger partial charge in [-0.15, -0.1) is 0 Å². The predicted octanol–water partition coefficient (Wildman–Crippen LogP) is 3.95. The van der Waals surface area contributed by atoms with Crippen LogP contribution in [0.3, 0.4) is 0 Å². The Hall–Kier alpha value is -2.95. The molecule has 0 atom stereocenters. The summed E-state index contributed by atoms with van der Waals surface area (Å²) in [6, 6.07) is 13.1. The Labute approximate surface area is 141 Å². The average molecular weight is 320 g/mol. The van der Waals surface area contributed by atoms with Crippen LogP contribution < -0.4 is 10.6 Å². The zero-order valence-electron chi connectivity index (χ0n) is 13.8. The van der Waals surface area contributed by atoms with Gasteiger partial charge in [0, 0.05) is 18.1 Å². The van der Waals surface area contributed by atoms with Gasteiger partial charge >= 0.3 is 0 Å². The summed E-state index contributed by atoms with van der Waals surface area (Å²) in [4.78, 5) is 21.0. The third kappa shape index (κ3) is 3.68. The van der Waals surface area contributed by atoms with Gasteiger partial charge < -0.3 is 10.6 Å². The number of rotatable bonds is 5. The highest BCUT2D eigenvalue weighted by Gasteiger charge is 2.10. The fourth-order valence-corrected chi connectivity index (χ4v) is 2.35. The van der Waals surface area contributed by atoms with Crippen molar-refractivity contribution in [1.29, 1.82) is 0 Å². The van der Waals surface area contributed by atoms with Gasteiger partial charge in [-0.3, -0.25) is 9.78 Å². The quantitative estimate of drug-likeness (QED) is 0.747. The first-order valence-electron chi connectivity index (χ1n) is 7.98. The Balaban J connectivity index is 1.74. The molecule has 1 aromatic carbocycles. The molecule has 2 heterocycles. The summed E-state index contributed by atoms with van der Waals surface area (Å²) in [5.74, 6) is 0.301. The monoisotopic (exact) mass is 320 g/mol. The minimum atomic E-state index is -0.247. The molecule has 0 aliphatic heterocycles. The molecule has 0 spiro atoms. The molecular weight excluding hydrogens is 300 g/mol. The van der Waals surface area contributed by atoms with Crippen LogP contribution in [0.2, 0.25) is 0 Å². The molecule has 3 rings (SSSR count). The topological polar surface area (TPSA) is 66.9 Å². The van der Waals surface area contributed by atoms with Crippen LogP contribution in [0.4, 0.5) is 11.4 Å². The molecule has 0 fully saturated rings. The first kappa shape index (κ1) is 15.9. The van der Waals surface area contributed by atoms with Crippen LogP contribution in [0, 0.1) is 5.92 Å². The normalized spacial score (nSPS) is 10.8. The van der Waals surface area contributed by atoms with Gasteiger partial charge in [0.25, 0.3) is 5.91 Å². The van der Waals surface area contributed by atoms with Crippen LogP contribution in [0.1, 0.15) is 24.3 Å². The minimum absolute atomic E-state index is 0.247. The van der Waals surface area contributed by atoms with Crippen molar-refractivity contribution in [1.82, 2.24) is 9.97 Å². The number of hydrogen-bond donors (Lipinski definition) is 2. The van der Waals surface area contributed by atoms with E-state index in [4.69, 9.17) is 0 Å². The molecule has 0 aliphatic carbocycles.